The topological polar surface area (TPSA) is 38.5 Å². The summed E-state index contributed by atoms with van der Waals surface area (Å²) in [4.78, 5) is 2.21. The minimum atomic E-state index is 0.119. The average molecular weight is 349 g/mol. The van der Waals surface area contributed by atoms with E-state index in [2.05, 4.69) is 71.2 Å². The lowest BCUT2D eigenvalue weighted by Crippen LogP contribution is -2.30. The van der Waals surface area contributed by atoms with Crippen molar-refractivity contribution in [2.24, 2.45) is 5.73 Å². The van der Waals surface area contributed by atoms with Gasteiger partial charge in [0.25, 0.3) is 0 Å². The number of hydrogen-bond acceptors (Lipinski definition) is 3. The van der Waals surface area contributed by atoms with E-state index in [1.807, 2.05) is 6.07 Å². The molecule has 2 N–H and O–H groups in total. The van der Waals surface area contributed by atoms with E-state index >= 15 is 0 Å². The van der Waals surface area contributed by atoms with Gasteiger partial charge in [0, 0.05) is 19.3 Å². The molecule has 4 heteroatoms. The van der Waals surface area contributed by atoms with E-state index in [1.54, 1.807) is 7.11 Å². The monoisotopic (exact) mass is 348 g/mol. The highest BCUT2D eigenvalue weighted by atomic mass is 79.9. The lowest BCUT2D eigenvalue weighted by molar-refractivity contribution is 0.412. The number of nitrogens with zero attached hydrogens (tertiary/aromatic N) is 1. The van der Waals surface area contributed by atoms with E-state index in [1.165, 1.54) is 5.56 Å². The summed E-state index contributed by atoms with van der Waals surface area (Å²) < 4.78 is 6.23. The molecule has 0 spiro atoms. The lowest BCUT2D eigenvalue weighted by atomic mass is 10.0. The van der Waals surface area contributed by atoms with Crippen molar-refractivity contribution in [3.8, 4) is 5.75 Å². The zero-order valence-electron chi connectivity index (χ0n) is 12.6. The van der Waals surface area contributed by atoms with Gasteiger partial charge in [0.15, 0.2) is 0 Å². The lowest BCUT2D eigenvalue weighted by Gasteiger charge is -2.30. The van der Waals surface area contributed by atoms with Gasteiger partial charge in [-0.2, -0.15) is 0 Å². The fraction of sp³-hybridized carbons (Fsp3) is 0.294. The Labute approximate surface area is 134 Å². The predicted molar refractivity (Wildman–Crippen MR) is 92.1 cm³/mol. The first kappa shape index (κ1) is 15.9. The van der Waals surface area contributed by atoms with Gasteiger partial charge < -0.3 is 15.4 Å². The third kappa shape index (κ3) is 3.57. The van der Waals surface area contributed by atoms with E-state index in [9.17, 15) is 0 Å². The van der Waals surface area contributed by atoms with E-state index in [0.29, 0.717) is 6.54 Å². The Kier molecular flexibility index (Phi) is 5.26. The van der Waals surface area contributed by atoms with Crippen LogP contribution in [0.15, 0.2) is 46.9 Å². The average Bonchev–Trinajstić information content (AvgIpc) is 2.48. The SMILES string of the molecule is COc1ccc(C(CN)N(C)c2cccc(C)c2)cc1Br. The van der Waals surface area contributed by atoms with Crippen LogP contribution in [-0.2, 0) is 0 Å². The molecular weight excluding hydrogens is 328 g/mol. The number of anilines is 1. The highest BCUT2D eigenvalue weighted by Gasteiger charge is 2.17. The largest absolute Gasteiger partial charge is 0.496 e. The third-order valence-electron chi connectivity index (χ3n) is 3.66. The van der Waals surface area contributed by atoms with Crippen LogP contribution in [0.1, 0.15) is 17.2 Å². The maximum atomic E-state index is 6.01. The van der Waals surface area contributed by atoms with Gasteiger partial charge in [-0.25, -0.2) is 0 Å². The van der Waals surface area contributed by atoms with Gasteiger partial charge in [0.1, 0.15) is 5.75 Å². The molecule has 0 bridgehead atoms. The summed E-state index contributed by atoms with van der Waals surface area (Å²) in [6.07, 6.45) is 0. The highest BCUT2D eigenvalue weighted by molar-refractivity contribution is 9.10. The van der Waals surface area contributed by atoms with Gasteiger partial charge in [0.05, 0.1) is 17.6 Å². The maximum Gasteiger partial charge on any atom is 0.133 e. The minimum Gasteiger partial charge on any atom is -0.496 e. The fourth-order valence-electron chi connectivity index (χ4n) is 2.44. The van der Waals surface area contributed by atoms with Crippen LogP contribution in [0.2, 0.25) is 0 Å². The first-order chi connectivity index (χ1) is 10.1. The summed E-state index contributed by atoms with van der Waals surface area (Å²) in [5.41, 5.74) is 9.58. The van der Waals surface area contributed by atoms with Gasteiger partial charge in [0.2, 0.25) is 0 Å². The van der Waals surface area contributed by atoms with Crippen molar-refractivity contribution in [3.05, 3.63) is 58.1 Å². The van der Waals surface area contributed by atoms with Crippen molar-refractivity contribution < 1.29 is 4.74 Å². The Bertz CT molecular complexity index is 615. The zero-order chi connectivity index (χ0) is 15.4. The Morgan fingerprint density at radius 3 is 2.57 bits per heavy atom. The van der Waals surface area contributed by atoms with Crippen molar-refractivity contribution in [2.75, 3.05) is 25.6 Å². The maximum absolute atomic E-state index is 6.01. The summed E-state index contributed by atoms with van der Waals surface area (Å²) in [6.45, 7) is 2.64. The molecule has 112 valence electrons. The van der Waals surface area contributed by atoms with Gasteiger partial charge in [-0.3, -0.25) is 0 Å². The van der Waals surface area contributed by atoms with Crippen molar-refractivity contribution in [3.63, 3.8) is 0 Å². The summed E-state index contributed by atoms with van der Waals surface area (Å²) in [5, 5.41) is 0. The molecule has 1 unspecified atom stereocenters. The molecule has 0 saturated heterocycles. The Morgan fingerprint density at radius 2 is 2.00 bits per heavy atom. The van der Waals surface area contributed by atoms with Crippen LogP contribution < -0.4 is 15.4 Å². The van der Waals surface area contributed by atoms with Crippen LogP contribution in [-0.4, -0.2) is 20.7 Å². The van der Waals surface area contributed by atoms with Crippen molar-refractivity contribution >= 4 is 21.6 Å². The number of halogens is 1. The Morgan fingerprint density at radius 1 is 1.24 bits per heavy atom. The molecule has 0 fully saturated rings. The van der Waals surface area contributed by atoms with Crippen LogP contribution in [0.4, 0.5) is 5.69 Å². The molecule has 21 heavy (non-hydrogen) atoms. The number of ether oxygens (including phenoxy) is 1. The fourth-order valence-corrected chi connectivity index (χ4v) is 2.99. The molecule has 0 saturated carbocycles. The van der Waals surface area contributed by atoms with Crippen molar-refractivity contribution in [1.82, 2.24) is 0 Å². The molecular formula is C17H21BrN2O. The number of aryl methyl sites for hydroxylation is 1. The third-order valence-corrected chi connectivity index (χ3v) is 4.28. The highest BCUT2D eigenvalue weighted by Crippen LogP contribution is 2.31. The molecule has 0 aromatic heterocycles. The van der Waals surface area contributed by atoms with Gasteiger partial charge in [-0.05, 0) is 58.2 Å². The predicted octanol–water partition coefficient (Wildman–Crippen LogP) is 3.90. The number of hydrogen-bond donors (Lipinski definition) is 1. The van der Waals surface area contributed by atoms with E-state index in [-0.39, 0.29) is 6.04 Å². The molecule has 0 radical (unpaired) electrons. The summed E-state index contributed by atoms with van der Waals surface area (Å²) in [7, 11) is 3.74. The second-order valence-electron chi connectivity index (χ2n) is 5.10. The molecule has 0 aliphatic rings. The number of benzene rings is 2. The van der Waals surface area contributed by atoms with Crippen molar-refractivity contribution in [1.29, 1.82) is 0 Å². The molecule has 0 amide bonds. The number of likely N-dealkylation sites (N-methyl/N-ethyl adjacent to an activating group) is 1. The van der Waals surface area contributed by atoms with Crippen LogP contribution in [0.25, 0.3) is 0 Å². The molecule has 2 aromatic rings. The number of rotatable bonds is 5. The number of methoxy groups -OCH3 is 1. The van der Waals surface area contributed by atoms with Crippen LogP contribution >= 0.6 is 15.9 Å². The first-order valence-corrected chi connectivity index (χ1v) is 7.69. The standard InChI is InChI=1S/C17H21BrN2O/c1-12-5-4-6-14(9-12)20(2)16(11-19)13-7-8-17(21-3)15(18)10-13/h4-10,16H,11,19H2,1-3H3. The van der Waals surface area contributed by atoms with Crippen molar-refractivity contribution in [2.45, 2.75) is 13.0 Å². The van der Waals surface area contributed by atoms with E-state index < -0.39 is 0 Å². The molecule has 0 aliphatic heterocycles. The van der Waals surface area contributed by atoms with Crippen LogP contribution in [0.3, 0.4) is 0 Å². The van der Waals surface area contributed by atoms with Crippen LogP contribution in [0, 0.1) is 6.92 Å². The second kappa shape index (κ2) is 6.96. The van der Waals surface area contributed by atoms with Gasteiger partial charge >= 0.3 is 0 Å². The zero-order valence-corrected chi connectivity index (χ0v) is 14.2. The summed E-state index contributed by atoms with van der Waals surface area (Å²) in [6, 6.07) is 14.7. The van der Waals surface area contributed by atoms with Gasteiger partial charge in [-0.15, -0.1) is 0 Å². The summed E-state index contributed by atoms with van der Waals surface area (Å²) in [5.74, 6) is 0.827. The molecule has 0 heterocycles. The van der Waals surface area contributed by atoms with Gasteiger partial charge in [-0.1, -0.05) is 18.2 Å². The minimum absolute atomic E-state index is 0.119. The Balaban J connectivity index is 2.32. The van der Waals surface area contributed by atoms with E-state index in [4.69, 9.17) is 10.5 Å². The molecule has 2 rings (SSSR count). The second-order valence-corrected chi connectivity index (χ2v) is 5.95. The molecule has 2 aromatic carbocycles. The molecule has 1 atom stereocenters. The Hall–Kier alpha value is -1.52. The normalized spacial score (nSPS) is 12.0. The molecule has 0 aliphatic carbocycles. The molecule has 3 nitrogen and oxygen atoms in total. The smallest absolute Gasteiger partial charge is 0.133 e. The number of nitrogens with two attached hydrogens (primary N) is 1. The van der Waals surface area contributed by atoms with E-state index in [0.717, 1.165) is 21.5 Å². The van der Waals surface area contributed by atoms with Crippen LogP contribution in [0.5, 0.6) is 5.75 Å². The quantitative estimate of drug-likeness (QED) is 0.890. The first-order valence-electron chi connectivity index (χ1n) is 6.89. The summed E-state index contributed by atoms with van der Waals surface area (Å²) >= 11 is 3.54.